The molecule has 100 valence electrons. The first-order valence-electron chi connectivity index (χ1n) is 6.74. The fourth-order valence-electron chi connectivity index (χ4n) is 1.12. The molecule has 0 saturated heterocycles. The van der Waals surface area contributed by atoms with Crippen LogP contribution < -0.4 is 0 Å². The Bertz CT molecular complexity index is 253. The second-order valence-corrected chi connectivity index (χ2v) is 7.47. The molecule has 17 heavy (non-hydrogen) atoms. The predicted octanol–water partition coefficient (Wildman–Crippen LogP) is 4.06. The normalized spacial score (nSPS) is 16.0. The molecule has 0 spiro atoms. The molecular formula is C14H29NOSi. The van der Waals surface area contributed by atoms with Gasteiger partial charge in [0.1, 0.15) is 0 Å². The van der Waals surface area contributed by atoms with Crippen molar-refractivity contribution in [1.82, 2.24) is 0 Å². The van der Waals surface area contributed by atoms with Crippen LogP contribution in [0, 0.1) is 5.41 Å². The SMILES string of the molecule is CCC=CCC(CC)=NO[SiH2]C(C)C(C)(C)C. The van der Waals surface area contributed by atoms with E-state index in [9.17, 15) is 0 Å². The lowest BCUT2D eigenvalue weighted by Gasteiger charge is -2.25. The Balaban J connectivity index is 4.06. The van der Waals surface area contributed by atoms with E-state index in [0.29, 0.717) is 11.0 Å². The Morgan fingerprint density at radius 2 is 1.94 bits per heavy atom. The summed E-state index contributed by atoms with van der Waals surface area (Å²) in [6.45, 7) is 13.3. The Hall–Kier alpha value is -0.573. The van der Waals surface area contributed by atoms with Crippen LogP contribution in [0.25, 0.3) is 0 Å². The van der Waals surface area contributed by atoms with E-state index in [0.717, 1.165) is 25.0 Å². The number of rotatable bonds is 7. The van der Waals surface area contributed by atoms with E-state index in [2.05, 4.69) is 58.9 Å². The van der Waals surface area contributed by atoms with E-state index >= 15 is 0 Å². The second kappa shape index (κ2) is 8.51. The van der Waals surface area contributed by atoms with Crippen LogP contribution in [0.2, 0.25) is 5.54 Å². The van der Waals surface area contributed by atoms with Crippen LogP contribution in [-0.4, -0.2) is 15.5 Å². The molecule has 0 aromatic rings. The maximum absolute atomic E-state index is 5.60. The second-order valence-electron chi connectivity index (χ2n) is 5.66. The smallest absolute Gasteiger partial charge is 0.261 e. The first-order valence-corrected chi connectivity index (χ1v) is 8.13. The Kier molecular flexibility index (Phi) is 8.22. The van der Waals surface area contributed by atoms with E-state index in [1.54, 1.807) is 0 Å². The molecule has 0 aromatic heterocycles. The molecule has 1 unspecified atom stereocenters. The standard InChI is InChI=1S/C14H29NOSi/c1-7-9-10-11-13(8-2)15-16-17-12(3)14(4,5)6/h9-10,12H,7-8,11,17H2,1-6H3. The van der Waals surface area contributed by atoms with Crippen LogP contribution in [0.15, 0.2) is 17.3 Å². The van der Waals surface area contributed by atoms with Gasteiger partial charge < -0.3 is 4.53 Å². The van der Waals surface area contributed by atoms with Gasteiger partial charge in [-0.25, -0.2) is 0 Å². The summed E-state index contributed by atoms with van der Waals surface area (Å²) in [5, 5.41) is 4.29. The molecule has 0 rings (SSSR count). The van der Waals surface area contributed by atoms with Gasteiger partial charge in [-0.3, -0.25) is 0 Å². The fourth-order valence-corrected chi connectivity index (χ4v) is 2.10. The molecule has 3 heteroatoms. The van der Waals surface area contributed by atoms with Crippen LogP contribution in [0.5, 0.6) is 0 Å². The maximum atomic E-state index is 5.60. The van der Waals surface area contributed by atoms with Crippen LogP contribution in [0.1, 0.15) is 60.8 Å². The lowest BCUT2D eigenvalue weighted by atomic mass is 9.93. The topological polar surface area (TPSA) is 21.6 Å². The van der Waals surface area contributed by atoms with Gasteiger partial charge >= 0.3 is 0 Å². The van der Waals surface area contributed by atoms with Crippen molar-refractivity contribution in [3.8, 4) is 0 Å². The molecule has 0 fully saturated rings. The highest BCUT2D eigenvalue weighted by molar-refractivity contribution is 6.29. The van der Waals surface area contributed by atoms with Gasteiger partial charge in [0.05, 0.1) is 5.71 Å². The minimum Gasteiger partial charge on any atom is -0.463 e. The van der Waals surface area contributed by atoms with E-state index in [1.165, 1.54) is 0 Å². The van der Waals surface area contributed by atoms with Crippen molar-refractivity contribution < 1.29 is 4.53 Å². The zero-order valence-corrected chi connectivity index (χ0v) is 13.8. The summed E-state index contributed by atoms with van der Waals surface area (Å²) in [6, 6.07) is 0. The molecule has 0 bridgehead atoms. The highest BCUT2D eigenvalue weighted by Gasteiger charge is 2.21. The molecule has 2 nitrogen and oxygen atoms in total. The third-order valence-electron chi connectivity index (χ3n) is 3.16. The summed E-state index contributed by atoms with van der Waals surface area (Å²) >= 11 is 0. The Morgan fingerprint density at radius 1 is 1.29 bits per heavy atom. The third kappa shape index (κ3) is 8.19. The highest BCUT2D eigenvalue weighted by atomic mass is 28.2. The van der Waals surface area contributed by atoms with Crippen LogP contribution >= 0.6 is 0 Å². The molecule has 0 N–H and O–H groups in total. The lowest BCUT2D eigenvalue weighted by Crippen LogP contribution is -2.19. The van der Waals surface area contributed by atoms with Gasteiger partial charge in [-0.1, -0.05) is 53.7 Å². The molecule has 0 radical (unpaired) electrons. The van der Waals surface area contributed by atoms with Crippen molar-refractivity contribution in [2.45, 2.75) is 66.3 Å². The van der Waals surface area contributed by atoms with Crippen molar-refractivity contribution in [3.63, 3.8) is 0 Å². The first-order chi connectivity index (χ1) is 7.91. The minimum absolute atomic E-state index is 0.343. The molecule has 0 heterocycles. The van der Waals surface area contributed by atoms with Crippen molar-refractivity contribution in [2.75, 3.05) is 0 Å². The van der Waals surface area contributed by atoms with Crippen molar-refractivity contribution >= 4 is 15.5 Å². The number of hydrogen-bond donors (Lipinski definition) is 0. The maximum Gasteiger partial charge on any atom is 0.261 e. The molecule has 1 atom stereocenters. The van der Waals surface area contributed by atoms with Crippen molar-refractivity contribution in [1.29, 1.82) is 0 Å². The molecule has 0 amide bonds. The van der Waals surface area contributed by atoms with E-state index < -0.39 is 9.76 Å². The van der Waals surface area contributed by atoms with Gasteiger partial charge in [0.2, 0.25) is 0 Å². The minimum atomic E-state index is -0.561. The average molecular weight is 255 g/mol. The molecule has 0 aromatic carbocycles. The zero-order valence-electron chi connectivity index (χ0n) is 12.4. The van der Waals surface area contributed by atoms with E-state index in [4.69, 9.17) is 4.53 Å². The lowest BCUT2D eigenvalue weighted by molar-refractivity contribution is 0.313. The quantitative estimate of drug-likeness (QED) is 0.291. The van der Waals surface area contributed by atoms with Gasteiger partial charge in [0, 0.05) is 6.42 Å². The molecule has 0 aliphatic carbocycles. The number of allylic oxidation sites excluding steroid dienone is 2. The largest absolute Gasteiger partial charge is 0.463 e. The van der Waals surface area contributed by atoms with Gasteiger partial charge in [-0.15, -0.1) is 5.16 Å². The summed E-state index contributed by atoms with van der Waals surface area (Å²) in [6.07, 6.45) is 7.36. The predicted molar refractivity (Wildman–Crippen MR) is 80.3 cm³/mol. The van der Waals surface area contributed by atoms with Crippen LogP contribution in [0.4, 0.5) is 0 Å². The zero-order chi connectivity index (χ0) is 13.3. The van der Waals surface area contributed by atoms with Gasteiger partial charge in [-0.05, 0) is 23.8 Å². The van der Waals surface area contributed by atoms with Crippen molar-refractivity contribution in [3.05, 3.63) is 12.2 Å². The van der Waals surface area contributed by atoms with E-state index in [-0.39, 0.29) is 0 Å². The molecular weight excluding hydrogens is 226 g/mol. The van der Waals surface area contributed by atoms with Gasteiger partial charge in [0.25, 0.3) is 9.76 Å². The summed E-state index contributed by atoms with van der Waals surface area (Å²) in [5.74, 6) is 0. The Labute approximate surface area is 109 Å². The number of hydrogen-bond acceptors (Lipinski definition) is 2. The van der Waals surface area contributed by atoms with Crippen LogP contribution in [0.3, 0.4) is 0 Å². The molecule has 0 aliphatic rings. The average Bonchev–Trinajstić information content (AvgIpc) is 2.25. The first kappa shape index (κ1) is 16.4. The number of oxime groups is 1. The van der Waals surface area contributed by atoms with Crippen molar-refractivity contribution in [2.24, 2.45) is 10.6 Å². The molecule has 0 aliphatic heterocycles. The third-order valence-corrected chi connectivity index (χ3v) is 5.16. The summed E-state index contributed by atoms with van der Waals surface area (Å²) < 4.78 is 5.60. The summed E-state index contributed by atoms with van der Waals surface area (Å²) in [7, 11) is -0.561. The Morgan fingerprint density at radius 3 is 2.41 bits per heavy atom. The summed E-state index contributed by atoms with van der Waals surface area (Å²) in [5.41, 5.74) is 2.15. The van der Waals surface area contributed by atoms with E-state index in [1.807, 2.05) is 0 Å². The summed E-state index contributed by atoms with van der Waals surface area (Å²) in [4.78, 5) is 0. The van der Waals surface area contributed by atoms with Crippen LogP contribution in [-0.2, 0) is 4.53 Å². The van der Waals surface area contributed by atoms with Gasteiger partial charge in [-0.2, -0.15) is 0 Å². The van der Waals surface area contributed by atoms with Gasteiger partial charge in [0.15, 0.2) is 0 Å². The monoisotopic (exact) mass is 255 g/mol. The number of nitrogens with zero attached hydrogens (tertiary/aromatic N) is 1. The fraction of sp³-hybridized carbons (Fsp3) is 0.786. The molecule has 0 saturated carbocycles. The highest BCUT2D eigenvalue weighted by Crippen LogP contribution is 2.29.